The number of methoxy groups -OCH3 is 3. The zero-order valence-corrected chi connectivity index (χ0v) is 16.4. The second kappa shape index (κ2) is 8.87. The Balaban J connectivity index is 1.80. The van der Waals surface area contributed by atoms with E-state index in [9.17, 15) is 4.39 Å². The van der Waals surface area contributed by atoms with E-state index in [1.165, 1.54) is 6.07 Å². The number of hydrogen-bond acceptors (Lipinski definition) is 5. The molecular weight excluding hydrogens is 363 g/mol. The van der Waals surface area contributed by atoms with Crippen LogP contribution in [-0.2, 0) is 12.8 Å². The van der Waals surface area contributed by atoms with Gasteiger partial charge in [0.15, 0.2) is 23.1 Å². The summed E-state index contributed by atoms with van der Waals surface area (Å²) >= 11 is 0. The lowest BCUT2D eigenvalue weighted by molar-refractivity contribution is 0.213. The Morgan fingerprint density at radius 3 is 2.54 bits per heavy atom. The predicted octanol–water partition coefficient (Wildman–Crippen LogP) is 4.21. The van der Waals surface area contributed by atoms with Crippen molar-refractivity contribution < 1.29 is 28.1 Å². The van der Waals surface area contributed by atoms with Crippen molar-refractivity contribution in [1.82, 2.24) is 0 Å². The van der Waals surface area contributed by atoms with Crippen molar-refractivity contribution in [1.29, 1.82) is 0 Å². The summed E-state index contributed by atoms with van der Waals surface area (Å²) in [6.45, 7) is 4.37. The summed E-state index contributed by atoms with van der Waals surface area (Å²) in [6, 6.07) is 6.86. The van der Waals surface area contributed by atoms with Crippen LogP contribution in [0.1, 0.15) is 11.1 Å². The number of benzene rings is 2. The molecule has 1 aliphatic heterocycles. The van der Waals surface area contributed by atoms with Gasteiger partial charge in [-0.25, -0.2) is 4.39 Å². The Morgan fingerprint density at radius 1 is 1.11 bits per heavy atom. The molecule has 28 heavy (non-hydrogen) atoms. The van der Waals surface area contributed by atoms with Gasteiger partial charge in [0.25, 0.3) is 0 Å². The van der Waals surface area contributed by atoms with Crippen LogP contribution in [0.3, 0.4) is 0 Å². The van der Waals surface area contributed by atoms with Gasteiger partial charge in [-0.1, -0.05) is 18.7 Å². The molecule has 0 saturated carbocycles. The molecule has 150 valence electrons. The van der Waals surface area contributed by atoms with E-state index in [1.54, 1.807) is 33.5 Å². The van der Waals surface area contributed by atoms with Crippen molar-refractivity contribution in [2.24, 2.45) is 5.92 Å². The summed E-state index contributed by atoms with van der Waals surface area (Å²) in [4.78, 5) is 0. The number of ether oxygens (including phenoxy) is 5. The van der Waals surface area contributed by atoms with Gasteiger partial charge in [-0.05, 0) is 30.5 Å². The van der Waals surface area contributed by atoms with Crippen molar-refractivity contribution in [2.45, 2.75) is 12.8 Å². The first-order chi connectivity index (χ1) is 13.6. The first-order valence-corrected chi connectivity index (χ1v) is 9.08. The van der Waals surface area contributed by atoms with Gasteiger partial charge >= 0.3 is 0 Å². The van der Waals surface area contributed by atoms with Crippen molar-refractivity contribution >= 4 is 0 Å². The van der Waals surface area contributed by atoms with E-state index in [0.29, 0.717) is 30.3 Å². The predicted molar refractivity (Wildman–Crippen MR) is 105 cm³/mol. The normalized spacial score (nSPS) is 15.2. The molecule has 1 aliphatic rings. The molecule has 2 aromatic carbocycles. The third-order valence-corrected chi connectivity index (χ3v) is 4.74. The molecule has 6 heteroatoms. The van der Waals surface area contributed by atoms with Gasteiger partial charge < -0.3 is 23.7 Å². The smallest absolute Gasteiger partial charge is 0.203 e. The molecule has 0 radical (unpaired) electrons. The van der Waals surface area contributed by atoms with Gasteiger partial charge in [-0.15, -0.1) is 0 Å². The minimum atomic E-state index is -0.375. The second-order valence-electron chi connectivity index (χ2n) is 6.57. The molecule has 0 amide bonds. The molecule has 0 saturated heterocycles. The van der Waals surface area contributed by atoms with E-state index < -0.39 is 0 Å². The van der Waals surface area contributed by atoms with Crippen molar-refractivity contribution in [3.8, 4) is 28.7 Å². The quantitative estimate of drug-likeness (QED) is 0.634. The van der Waals surface area contributed by atoms with Gasteiger partial charge in [0, 0.05) is 17.5 Å². The Morgan fingerprint density at radius 2 is 1.89 bits per heavy atom. The van der Waals surface area contributed by atoms with Crippen LogP contribution in [0.2, 0.25) is 0 Å². The van der Waals surface area contributed by atoms with E-state index >= 15 is 0 Å². The van der Waals surface area contributed by atoms with Crippen LogP contribution in [-0.4, -0.2) is 34.5 Å². The minimum Gasteiger partial charge on any atom is -0.493 e. The van der Waals surface area contributed by atoms with Crippen LogP contribution in [0, 0.1) is 11.7 Å². The Kier molecular flexibility index (Phi) is 6.29. The average Bonchev–Trinajstić information content (AvgIpc) is 2.71. The summed E-state index contributed by atoms with van der Waals surface area (Å²) in [5, 5.41) is 0. The zero-order chi connectivity index (χ0) is 20.1. The highest BCUT2D eigenvalue weighted by Crippen LogP contribution is 2.47. The minimum absolute atomic E-state index is 0.179. The Labute approximate surface area is 164 Å². The van der Waals surface area contributed by atoms with Crippen molar-refractivity contribution in [3.05, 3.63) is 53.9 Å². The van der Waals surface area contributed by atoms with Gasteiger partial charge in [0.05, 0.1) is 27.9 Å². The fourth-order valence-electron chi connectivity index (χ4n) is 3.47. The molecule has 1 unspecified atom stereocenters. The highest BCUT2D eigenvalue weighted by Gasteiger charge is 2.28. The highest BCUT2D eigenvalue weighted by atomic mass is 19.1. The third kappa shape index (κ3) is 4.01. The van der Waals surface area contributed by atoms with Gasteiger partial charge in [0.2, 0.25) is 5.75 Å². The highest BCUT2D eigenvalue weighted by molar-refractivity contribution is 5.62. The van der Waals surface area contributed by atoms with Crippen LogP contribution in [0.15, 0.2) is 36.9 Å². The molecule has 3 rings (SSSR count). The summed E-state index contributed by atoms with van der Waals surface area (Å²) in [5.41, 5.74) is 1.82. The van der Waals surface area contributed by atoms with Gasteiger partial charge in [0.1, 0.15) is 12.4 Å². The lowest BCUT2D eigenvalue weighted by Gasteiger charge is -2.28. The maximum atomic E-state index is 14.2. The summed E-state index contributed by atoms with van der Waals surface area (Å²) in [7, 11) is 4.75. The van der Waals surface area contributed by atoms with Crippen molar-refractivity contribution in [3.63, 3.8) is 0 Å². The second-order valence-corrected chi connectivity index (χ2v) is 6.57. The van der Waals surface area contributed by atoms with Crippen LogP contribution in [0.4, 0.5) is 4.39 Å². The van der Waals surface area contributed by atoms with Gasteiger partial charge in [-0.2, -0.15) is 0 Å². The van der Waals surface area contributed by atoms with Crippen LogP contribution < -0.4 is 23.7 Å². The first-order valence-electron chi connectivity index (χ1n) is 9.08. The monoisotopic (exact) mass is 388 g/mol. The zero-order valence-electron chi connectivity index (χ0n) is 16.4. The van der Waals surface area contributed by atoms with Crippen LogP contribution >= 0.6 is 0 Å². The molecule has 0 bridgehead atoms. The Bertz CT molecular complexity index is 849. The lowest BCUT2D eigenvalue weighted by Crippen LogP contribution is -2.23. The fourth-order valence-corrected chi connectivity index (χ4v) is 3.47. The van der Waals surface area contributed by atoms with E-state index in [0.717, 1.165) is 23.3 Å². The molecule has 0 N–H and O–H groups in total. The van der Waals surface area contributed by atoms with Crippen molar-refractivity contribution in [2.75, 3.05) is 34.5 Å². The number of fused-ring (bicyclic) bond motifs is 1. The maximum absolute atomic E-state index is 14.2. The van der Waals surface area contributed by atoms with Crippen LogP contribution in [0.25, 0.3) is 0 Å². The number of halogens is 1. The summed E-state index contributed by atoms with van der Waals surface area (Å²) in [6.07, 6.45) is 2.99. The molecule has 1 heterocycles. The molecular formula is C22H25FO5. The maximum Gasteiger partial charge on any atom is 0.203 e. The number of hydrogen-bond donors (Lipinski definition) is 0. The molecule has 0 spiro atoms. The van der Waals surface area contributed by atoms with Crippen LogP contribution in [0.5, 0.6) is 28.7 Å². The number of rotatable bonds is 8. The first kappa shape index (κ1) is 19.9. The molecule has 2 aromatic rings. The fraction of sp³-hybridized carbons (Fsp3) is 0.364. The van der Waals surface area contributed by atoms with E-state index in [1.807, 2.05) is 12.1 Å². The SMILES string of the molecule is C=CCOc1ccc(CC2COc3cc(OC)c(OC)c(OC)c3C2)cc1F. The standard InChI is InChI=1S/C22H25FO5/c1-5-8-27-18-7-6-14(11-17(18)23)9-15-10-16-19(28-13-15)12-20(24-2)22(26-4)21(16)25-3/h5-7,11-12,15H,1,8-10,13H2,2-4H3. The molecule has 0 aliphatic carbocycles. The van der Waals surface area contributed by atoms with Gasteiger partial charge in [-0.3, -0.25) is 0 Å². The molecule has 0 aromatic heterocycles. The van der Waals surface area contributed by atoms with E-state index in [-0.39, 0.29) is 24.1 Å². The van der Waals surface area contributed by atoms with E-state index in [4.69, 9.17) is 23.7 Å². The molecule has 1 atom stereocenters. The summed E-state index contributed by atoms with van der Waals surface area (Å²) < 4.78 is 41.9. The Hall–Kier alpha value is -2.89. The average molecular weight is 388 g/mol. The molecule has 0 fully saturated rings. The lowest BCUT2D eigenvalue weighted by atomic mass is 9.90. The molecule has 5 nitrogen and oxygen atoms in total. The summed E-state index contributed by atoms with van der Waals surface area (Å²) in [5.74, 6) is 2.48. The van der Waals surface area contributed by atoms with E-state index in [2.05, 4.69) is 6.58 Å². The third-order valence-electron chi connectivity index (χ3n) is 4.74. The largest absolute Gasteiger partial charge is 0.493 e. The topological polar surface area (TPSA) is 46.2 Å².